The molecule has 145 valence electrons. The van der Waals surface area contributed by atoms with Crippen molar-refractivity contribution in [1.82, 2.24) is 9.55 Å². The van der Waals surface area contributed by atoms with Crippen LogP contribution in [0.25, 0.3) is 16.6 Å². The number of anilines is 1. The molecule has 2 aromatic carbocycles. The van der Waals surface area contributed by atoms with Gasteiger partial charge in [0.1, 0.15) is 5.82 Å². The normalized spacial score (nSPS) is 11.5. The van der Waals surface area contributed by atoms with E-state index < -0.39 is 8.07 Å². The predicted molar refractivity (Wildman–Crippen MR) is 121 cm³/mol. The highest BCUT2D eigenvalue weighted by atomic mass is 35.5. The van der Waals surface area contributed by atoms with Gasteiger partial charge < -0.3 is 5.73 Å². The average molecular weight is 410 g/mol. The minimum Gasteiger partial charge on any atom is -0.398 e. The number of nitrogen functional groups attached to an aromatic ring is 1. The summed E-state index contributed by atoms with van der Waals surface area (Å²) in [7, 11) is -1.61. The Morgan fingerprint density at radius 2 is 1.75 bits per heavy atom. The number of nitrogens with zero attached hydrogens (tertiary/aromatic N) is 2. The van der Waals surface area contributed by atoms with Gasteiger partial charge in [-0.1, -0.05) is 33.5 Å². The third-order valence-electron chi connectivity index (χ3n) is 4.26. The minimum absolute atomic E-state index is 0.0343. The Bertz CT molecular complexity index is 1160. The van der Waals surface area contributed by atoms with Crippen molar-refractivity contribution in [1.29, 1.82) is 0 Å². The third kappa shape index (κ3) is 3.99. The zero-order chi connectivity index (χ0) is 20.6. The van der Waals surface area contributed by atoms with Crippen molar-refractivity contribution in [3.63, 3.8) is 0 Å². The molecular formula is C22H24ClN3OSi-. The Kier molecular flexibility index (Phi) is 5.38. The van der Waals surface area contributed by atoms with Gasteiger partial charge in [0.25, 0.3) is 5.56 Å². The highest BCUT2D eigenvalue weighted by Gasteiger charge is 2.18. The lowest BCUT2D eigenvalue weighted by Crippen LogP contribution is -2.25. The molecule has 0 aliphatic rings. The van der Waals surface area contributed by atoms with E-state index in [9.17, 15) is 4.79 Å². The van der Waals surface area contributed by atoms with Crippen LogP contribution in [-0.2, 0) is 0 Å². The van der Waals surface area contributed by atoms with Crippen LogP contribution in [0.5, 0.6) is 0 Å². The van der Waals surface area contributed by atoms with E-state index in [0.717, 1.165) is 5.69 Å². The number of aromatic nitrogens is 2. The number of benzene rings is 2. The topological polar surface area (TPSA) is 60.9 Å². The Labute approximate surface area is 171 Å². The largest absolute Gasteiger partial charge is 0.398 e. The second kappa shape index (κ2) is 7.46. The molecular weight excluding hydrogens is 386 g/mol. The van der Waals surface area contributed by atoms with Gasteiger partial charge in [0.05, 0.1) is 22.2 Å². The Balaban J connectivity index is 2.40. The van der Waals surface area contributed by atoms with E-state index in [2.05, 4.69) is 31.1 Å². The van der Waals surface area contributed by atoms with Crippen LogP contribution in [0.1, 0.15) is 31.2 Å². The summed E-state index contributed by atoms with van der Waals surface area (Å²) in [6, 6.07) is 10.7. The SMILES string of the molecule is CC(C)c1nc2c(C#C[Si-](C)(C)C)c(N)ccc2c(=O)n1-c1ccc(Cl)cc1. The van der Waals surface area contributed by atoms with E-state index in [1.54, 1.807) is 28.8 Å². The number of hydrogen-bond donors (Lipinski definition) is 1. The molecule has 0 atom stereocenters. The summed E-state index contributed by atoms with van der Waals surface area (Å²) in [4.78, 5) is 18.3. The molecule has 0 aliphatic carbocycles. The summed E-state index contributed by atoms with van der Waals surface area (Å²) in [6.07, 6.45) is 0. The van der Waals surface area contributed by atoms with Gasteiger partial charge in [-0.25, -0.2) is 4.98 Å². The van der Waals surface area contributed by atoms with Crippen LogP contribution in [0.2, 0.25) is 24.7 Å². The third-order valence-corrected chi connectivity index (χ3v) is 5.39. The molecule has 0 saturated heterocycles. The second-order valence-corrected chi connectivity index (χ2v) is 13.4. The minimum atomic E-state index is -1.61. The molecule has 0 bridgehead atoms. The van der Waals surface area contributed by atoms with Gasteiger partial charge in [0, 0.05) is 16.6 Å². The molecule has 0 aliphatic heterocycles. The number of hydrogen-bond acceptors (Lipinski definition) is 3. The summed E-state index contributed by atoms with van der Waals surface area (Å²) in [5.74, 6) is 3.92. The Morgan fingerprint density at radius 3 is 2.32 bits per heavy atom. The van der Waals surface area contributed by atoms with Crippen LogP contribution >= 0.6 is 11.6 Å². The first-order valence-electron chi connectivity index (χ1n) is 9.23. The maximum atomic E-state index is 13.4. The first kappa shape index (κ1) is 20.2. The van der Waals surface area contributed by atoms with Crippen molar-refractivity contribution in [3.8, 4) is 17.2 Å². The maximum absolute atomic E-state index is 13.4. The van der Waals surface area contributed by atoms with Gasteiger partial charge in [-0.3, -0.25) is 14.9 Å². The molecule has 3 rings (SSSR count). The van der Waals surface area contributed by atoms with E-state index in [1.807, 2.05) is 26.0 Å². The number of halogens is 1. The molecule has 28 heavy (non-hydrogen) atoms. The van der Waals surface area contributed by atoms with Gasteiger partial charge >= 0.3 is 0 Å². The zero-order valence-electron chi connectivity index (χ0n) is 16.8. The quantitative estimate of drug-likeness (QED) is 0.369. The number of nitrogens with two attached hydrogens (primary N) is 1. The van der Waals surface area contributed by atoms with Crippen LogP contribution in [0.3, 0.4) is 0 Å². The van der Waals surface area contributed by atoms with Crippen molar-refractivity contribution < 1.29 is 0 Å². The van der Waals surface area contributed by atoms with Gasteiger partial charge in [-0.05, 0) is 36.4 Å². The fraction of sp³-hybridized carbons (Fsp3) is 0.273. The van der Waals surface area contributed by atoms with E-state index >= 15 is 0 Å². The van der Waals surface area contributed by atoms with Crippen molar-refractivity contribution in [2.45, 2.75) is 39.4 Å². The lowest BCUT2D eigenvalue weighted by atomic mass is 10.1. The van der Waals surface area contributed by atoms with Crippen LogP contribution in [0, 0.1) is 11.5 Å². The van der Waals surface area contributed by atoms with Gasteiger partial charge in [0.15, 0.2) is 0 Å². The van der Waals surface area contributed by atoms with E-state index in [4.69, 9.17) is 22.3 Å². The average Bonchev–Trinajstić information content (AvgIpc) is 2.60. The fourth-order valence-electron chi connectivity index (χ4n) is 2.89. The van der Waals surface area contributed by atoms with Gasteiger partial charge in [0.2, 0.25) is 0 Å². The Hall–Kier alpha value is -2.55. The van der Waals surface area contributed by atoms with Crippen LogP contribution < -0.4 is 11.3 Å². The predicted octanol–water partition coefficient (Wildman–Crippen LogP) is 4.97. The summed E-state index contributed by atoms with van der Waals surface area (Å²) < 4.78 is 1.65. The highest BCUT2D eigenvalue weighted by molar-refractivity contribution is 6.83. The van der Waals surface area contributed by atoms with E-state index in [1.165, 1.54) is 0 Å². The lowest BCUT2D eigenvalue weighted by Gasteiger charge is -2.19. The first-order chi connectivity index (χ1) is 13.1. The molecule has 1 aromatic heterocycles. The first-order valence-corrected chi connectivity index (χ1v) is 13.1. The van der Waals surface area contributed by atoms with Crippen molar-refractivity contribution in [2.75, 3.05) is 5.73 Å². The summed E-state index contributed by atoms with van der Waals surface area (Å²) in [5, 5.41) is 1.13. The smallest absolute Gasteiger partial charge is 0.266 e. The molecule has 0 amide bonds. The molecule has 4 nitrogen and oxygen atoms in total. The number of rotatable bonds is 2. The van der Waals surface area contributed by atoms with Crippen LogP contribution in [0.15, 0.2) is 41.2 Å². The van der Waals surface area contributed by atoms with Crippen molar-refractivity contribution >= 4 is 36.3 Å². The van der Waals surface area contributed by atoms with Crippen molar-refractivity contribution in [3.05, 3.63) is 63.2 Å². The number of fused-ring (bicyclic) bond motifs is 1. The molecule has 0 radical (unpaired) electrons. The standard InChI is InChI=1S/C22H24ClN3OSi/c1-14(2)21-25-20-17(12-13-28(3,4)5)19(24)11-10-18(20)22(27)26(21)16-8-6-15(23)7-9-16/h6-11,14H,24H2,1-5H3/q-1. The molecule has 2 N–H and O–H groups in total. The maximum Gasteiger partial charge on any atom is 0.266 e. The summed E-state index contributed by atoms with van der Waals surface area (Å²) in [5.41, 5.74) is 11.9. The highest BCUT2D eigenvalue weighted by Crippen LogP contribution is 2.24. The molecule has 1 heterocycles. The van der Waals surface area contributed by atoms with Crippen LogP contribution in [-0.4, -0.2) is 17.6 Å². The summed E-state index contributed by atoms with van der Waals surface area (Å²) >= 11 is 6.02. The zero-order valence-corrected chi connectivity index (χ0v) is 18.6. The molecule has 0 fully saturated rings. The van der Waals surface area contributed by atoms with Crippen molar-refractivity contribution in [2.24, 2.45) is 0 Å². The molecule has 0 spiro atoms. The fourth-order valence-corrected chi connectivity index (χ4v) is 3.52. The van der Waals surface area contributed by atoms with E-state index in [0.29, 0.717) is 33.0 Å². The lowest BCUT2D eigenvalue weighted by molar-refractivity contribution is 0.723. The Morgan fingerprint density at radius 1 is 1.11 bits per heavy atom. The molecule has 0 saturated carbocycles. The van der Waals surface area contributed by atoms with Gasteiger partial charge in [-0.15, -0.1) is 5.92 Å². The second-order valence-electron chi connectivity index (χ2n) is 8.17. The van der Waals surface area contributed by atoms with Crippen LogP contribution in [0.4, 0.5) is 5.69 Å². The van der Waals surface area contributed by atoms with E-state index in [-0.39, 0.29) is 11.5 Å². The van der Waals surface area contributed by atoms with Gasteiger partial charge in [-0.2, -0.15) is 19.6 Å². The molecule has 6 heteroatoms. The molecule has 3 aromatic rings. The molecule has 0 unspecified atom stereocenters. The monoisotopic (exact) mass is 409 g/mol. The summed E-state index contributed by atoms with van der Waals surface area (Å²) in [6.45, 7) is 10.5.